The van der Waals surface area contributed by atoms with E-state index in [2.05, 4.69) is 6.58 Å². The van der Waals surface area contributed by atoms with Crippen LogP contribution in [0.4, 0.5) is 0 Å². The van der Waals surface area contributed by atoms with E-state index in [0.29, 0.717) is 5.70 Å². The monoisotopic (exact) mass is 241 g/mol. The highest BCUT2D eigenvalue weighted by atomic mass is 35.6. The summed E-state index contributed by atoms with van der Waals surface area (Å²) < 4.78 is -1.88. The minimum Gasteiger partial charge on any atom is -0.369 e. The molecule has 0 atom stereocenters. The molecule has 0 aromatic heterocycles. The van der Waals surface area contributed by atoms with Crippen LogP contribution in [0.2, 0.25) is 0 Å². The molecule has 1 heterocycles. The first-order valence-electron chi connectivity index (χ1n) is 3.98. The van der Waals surface area contributed by atoms with Gasteiger partial charge < -0.3 is 4.90 Å². The van der Waals surface area contributed by atoms with E-state index in [1.54, 1.807) is 0 Å². The minimum absolute atomic E-state index is 0.303. The Morgan fingerprint density at radius 2 is 1.69 bits per heavy atom. The van der Waals surface area contributed by atoms with Gasteiger partial charge >= 0.3 is 0 Å². The highest BCUT2D eigenvalue weighted by Crippen LogP contribution is 2.31. The van der Waals surface area contributed by atoms with Gasteiger partial charge in [0.05, 0.1) is 5.70 Å². The summed E-state index contributed by atoms with van der Waals surface area (Å²) in [6, 6.07) is 0. The topological polar surface area (TPSA) is 20.3 Å². The summed E-state index contributed by atoms with van der Waals surface area (Å²) in [4.78, 5) is 13.3. The molecule has 1 aliphatic heterocycles. The second kappa shape index (κ2) is 4.07. The van der Waals surface area contributed by atoms with Crippen molar-refractivity contribution in [2.45, 2.75) is 16.6 Å². The Labute approximate surface area is 92.4 Å². The first-order chi connectivity index (χ1) is 5.93. The highest BCUT2D eigenvalue weighted by molar-refractivity contribution is 6.77. The average Bonchev–Trinajstić information content (AvgIpc) is 2.51. The molecule has 74 valence electrons. The molecule has 0 N–H and O–H groups in total. The number of likely N-dealkylation sites (tertiary alicyclic amines) is 1. The predicted octanol–water partition coefficient (Wildman–Crippen LogP) is 2.54. The lowest BCUT2D eigenvalue weighted by Crippen LogP contribution is -2.31. The summed E-state index contributed by atoms with van der Waals surface area (Å²) >= 11 is 16.4. The zero-order valence-electron chi connectivity index (χ0n) is 7.02. The van der Waals surface area contributed by atoms with E-state index in [-0.39, 0.29) is 0 Å². The molecule has 0 bridgehead atoms. The van der Waals surface area contributed by atoms with Crippen LogP contribution in [0, 0.1) is 0 Å². The maximum atomic E-state index is 11.4. The smallest absolute Gasteiger partial charge is 0.254 e. The van der Waals surface area contributed by atoms with Gasteiger partial charge in [-0.05, 0) is 12.8 Å². The molecule has 5 heteroatoms. The van der Waals surface area contributed by atoms with E-state index >= 15 is 0 Å². The number of hydrogen-bond donors (Lipinski definition) is 0. The molecule has 0 aromatic rings. The number of carbonyl (C=O) groups excluding carboxylic acids is 1. The second-order valence-electron chi connectivity index (χ2n) is 2.97. The SMILES string of the molecule is C=C(C(=O)C(Cl)(Cl)Cl)N1CCCC1. The van der Waals surface area contributed by atoms with E-state index < -0.39 is 9.58 Å². The van der Waals surface area contributed by atoms with Crippen LogP contribution in [0.1, 0.15) is 12.8 Å². The molecule has 0 aliphatic carbocycles. The largest absolute Gasteiger partial charge is 0.369 e. The molecule has 2 nitrogen and oxygen atoms in total. The van der Waals surface area contributed by atoms with Crippen molar-refractivity contribution in [1.82, 2.24) is 4.90 Å². The van der Waals surface area contributed by atoms with Crippen LogP contribution in [0.5, 0.6) is 0 Å². The summed E-state index contributed by atoms with van der Waals surface area (Å²) in [6.45, 7) is 5.28. The van der Waals surface area contributed by atoms with Crippen LogP contribution < -0.4 is 0 Å². The van der Waals surface area contributed by atoms with Crippen LogP contribution in [-0.4, -0.2) is 27.6 Å². The summed E-state index contributed by atoms with van der Waals surface area (Å²) in [5, 5.41) is 0. The van der Waals surface area contributed by atoms with Gasteiger partial charge in [0.1, 0.15) is 0 Å². The van der Waals surface area contributed by atoms with Crippen molar-refractivity contribution in [2.75, 3.05) is 13.1 Å². The Kier molecular flexibility index (Phi) is 3.50. The van der Waals surface area contributed by atoms with Gasteiger partial charge in [0.2, 0.25) is 5.78 Å². The van der Waals surface area contributed by atoms with Crippen LogP contribution in [0.25, 0.3) is 0 Å². The number of ketones is 1. The number of halogens is 3. The molecular weight excluding hydrogens is 232 g/mol. The number of rotatable bonds is 2. The van der Waals surface area contributed by atoms with Crippen molar-refractivity contribution in [3.8, 4) is 0 Å². The number of Topliss-reactive ketones (excluding diaryl/α,β-unsaturated/α-hetero) is 1. The fourth-order valence-electron chi connectivity index (χ4n) is 1.29. The highest BCUT2D eigenvalue weighted by Gasteiger charge is 2.35. The Bertz CT molecular complexity index is 228. The molecule has 1 rings (SSSR count). The minimum atomic E-state index is -1.88. The quantitative estimate of drug-likeness (QED) is 0.548. The first-order valence-corrected chi connectivity index (χ1v) is 5.11. The van der Waals surface area contributed by atoms with Gasteiger partial charge in [0, 0.05) is 13.1 Å². The van der Waals surface area contributed by atoms with Gasteiger partial charge in [0.25, 0.3) is 3.79 Å². The van der Waals surface area contributed by atoms with Crippen LogP contribution in [0.3, 0.4) is 0 Å². The fraction of sp³-hybridized carbons (Fsp3) is 0.625. The third-order valence-electron chi connectivity index (χ3n) is 2.01. The maximum Gasteiger partial charge on any atom is 0.254 e. The maximum absolute atomic E-state index is 11.4. The van der Waals surface area contributed by atoms with Crippen molar-refractivity contribution in [1.29, 1.82) is 0 Å². The Morgan fingerprint density at radius 1 is 1.23 bits per heavy atom. The van der Waals surface area contributed by atoms with Crippen molar-refractivity contribution in [3.63, 3.8) is 0 Å². The Hall–Kier alpha value is 0.0800. The first kappa shape index (κ1) is 11.2. The van der Waals surface area contributed by atoms with E-state index in [0.717, 1.165) is 25.9 Å². The zero-order chi connectivity index (χ0) is 10.1. The lowest BCUT2D eigenvalue weighted by atomic mass is 10.3. The van der Waals surface area contributed by atoms with Gasteiger partial charge in [-0.25, -0.2) is 0 Å². The lowest BCUT2D eigenvalue weighted by Gasteiger charge is -2.21. The fourth-order valence-corrected chi connectivity index (χ4v) is 1.62. The van der Waals surface area contributed by atoms with E-state index in [9.17, 15) is 4.79 Å². The zero-order valence-corrected chi connectivity index (χ0v) is 9.29. The van der Waals surface area contributed by atoms with Crippen molar-refractivity contribution in [3.05, 3.63) is 12.3 Å². The summed E-state index contributed by atoms with van der Waals surface area (Å²) in [7, 11) is 0. The molecular formula is C8H10Cl3NO. The van der Waals surface area contributed by atoms with E-state index in [4.69, 9.17) is 34.8 Å². The Balaban J connectivity index is 2.62. The number of alkyl halides is 3. The summed E-state index contributed by atoms with van der Waals surface area (Å²) in [5.74, 6) is -0.528. The van der Waals surface area contributed by atoms with Gasteiger partial charge in [-0.15, -0.1) is 0 Å². The van der Waals surface area contributed by atoms with Crippen molar-refractivity contribution in [2.24, 2.45) is 0 Å². The molecule has 0 saturated carbocycles. The summed E-state index contributed by atoms with van der Waals surface area (Å²) in [5.41, 5.74) is 0.303. The third-order valence-corrected chi connectivity index (χ3v) is 2.52. The molecule has 1 fully saturated rings. The predicted molar refractivity (Wildman–Crippen MR) is 55.2 cm³/mol. The van der Waals surface area contributed by atoms with Crippen LogP contribution in [0.15, 0.2) is 12.3 Å². The molecule has 0 unspecified atom stereocenters. The van der Waals surface area contributed by atoms with Gasteiger partial charge in [-0.3, -0.25) is 4.79 Å². The molecule has 0 amide bonds. The van der Waals surface area contributed by atoms with Crippen molar-refractivity contribution < 1.29 is 4.79 Å². The van der Waals surface area contributed by atoms with Gasteiger partial charge in [-0.2, -0.15) is 0 Å². The molecule has 1 aliphatic rings. The summed E-state index contributed by atoms with van der Waals surface area (Å²) in [6.07, 6.45) is 2.12. The molecule has 1 saturated heterocycles. The molecule has 0 aromatic carbocycles. The van der Waals surface area contributed by atoms with E-state index in [1.807, 2.05) is 4.90 Å². The number of allylic oxidation sites excluding steroid dienone is 1. The van der Waals surface area contributed by atoms with Crippen molar-refractivity contribution >= 4 is 40.6 Å². The molecule has 13 heavy (non-hydrogen) atoms. The number of carbonyl (C=O) groups is 1. The lowest BCUT2D eigenvalue weighted by molar-refractivity contribution is -0.116. The van der Waals surface area contributed by atoms with Crippen LogP contribution >= 0.6 is 34.8 Å². The molecule has 0 spiro atoms. The second-order valence-corrected chi connectivity index (χ2v) is 5.25. The normalized spacial score (nSPS) is 17.6. The van der Waals surface area contributed by atoms with Gasteiger partial charge in [0.15, 0.2) is 0 Å². The van der Waals surface area contributed by atoms with Crippen LogP contribution in [-0.2, 0) is 4.79 Å². The van der Waals surface area contributed by atoms with Gasteiger partial charge in [-0.1, -0.05) is 41.4 Å². The Morgan fingerprint density at radius 3 is 2.08 bits per heavy atom. The average molecular weight is 243 g/mol. The van der Waals surface area contributed by atoms with E-state index in [1.165, 1.54) is 0 Å². The standard InChI is InChI=1S/C8H10Cl3NO/c1-6(7(13)8(9,10)11)12-4-2-3-5-12/h1-5H2. The molecule has 0 radical (unpaired) electrons. The number of nitrogens with zero attached hydrogens (tertiary/aromatic N) is 1. The number of hydrogen-bond acceptors (Lipinski definition) is 2. The third kappa shape index (κ3) is 2.76.